The summed E-state index contributed by atoms with van der Waals surface area (Å²) in [5.41, 5.74) is 3.98. The number of thiazole rings is 1. The number of hydrogen-bond donors (Lipinski definition) is 1. The number of carbonyl (C=O) groups excluding carboxylic acids is 2. The van der Waals surface area contributed by atoms with Gasteiger partial charge >= 0.3 is 5.97 Å². The Morgan fingerprint density at radius 2 is 2.07 bits per heavy atom. The van der Waals surface area contributed by atoms with Crippen molar-refractivity contribution in [2.24, 2.45) is 0 Å². The fourth-order valence-electron chi connectivity index (χ4n) is 3.14. The molecule has 1 N–H and O–H groups in total. The predicted molar refractivity (Wildman–Crippen MR) is 107 cm³/mol. The number of carbonyl (C=O) groups is 2. The maximum absolute atomic E-state index is 12.6. The number of fused-ring (bicyclic) bond motifs is 1. The van der Waals surface area contributed by atoms with E-state index in [-0.39, 0.29) is 5.91 Å². The molecule has 0 radical (unpaired) electrons. The highest BCUT2D eigenvalue weighted by atomic mass is 32.1. The Morgan fingerprint density at radius 1 is 1.25 bits per heavy atom. The molecule has 4 rings (SSSR count). The van der Waals surface area contributed by atoms with Gasteiger partial charge in [0.25, 0.3) is 5.91 Å². The lowest BCUT2D eigenvalue weighted by Gasteiger charge is -2.23. The van der Waals surface area contributed by atoms with Crippen molar-refractivity contribution in [3.05, 3.63) is 64.5 Å². The number of aryl methyl sites for hydroxylation is 1. The molecular weight excluding hydrogens is 376 g/mol. The lowest BCUT2D eigenvalue weighted by molar-refractivity contribution is -0.125. The third-order valence-corrected chi connectivity index (χ3v) is 5.31. The van der Waals surface area contributed by atoms with Crippen LogP contribution < -0.4 is 10.1 Å². The number of nitrogens with zero attached hydrogens (tertiary/aromatic N) is 1. The number of methoxy groups -OCH3 is 1. The minimum absolute atomic E-state index is 0.345. The summed E-state index contributed by atoms with van der Waals surface area (Å²) < 4.78 is 10.7. The molecule has 28 heavy (non-hydrogen) atoms. The number of anilines is 1. The van der Waals surface area contributed by atoms with Crippen LogP contribution in [0.2, 0.25) is 0 Å². The molecule has 7 heteroatoms. The van der Waals surface area contributed by atoms with Gasteiger partial charge in [-0.15, -0.1) is 11.3 Å². The van der Waals surface area contributed by atoms with E-state index in [9.17, 15) is 9.59 Å². The summed E-state index contributed by atoms with van der Waals surface area (Å²) in [7, 11) is 1.61. The van der Waals surface area contributed by atoms with Gasteiger partial charge in [0.1, 0.15) is 5.75 Å². The predicted octanol–water partition coefficient (Wildman–Crippen LogP) is 3.85. The normalized spacial score (nSPS) is 15.5. The molecule has 1 aliphatic rings. The van der Waals surface area contributed by atoms with E-state index in [4.69, 9.17) is 9.47 Å². The van der Waals surface area contributed by atoms with Crippen molar-refractivity contribution < 1.29 is 19.1 Å². The van der Waals surface area contributed by atoms with E-state index in [0.717, 1.165) is 16.7 Å². The zero-order valence-corrected chi connectivity index (χ0v) is 16.2. The first-order valence-electron chi connectivity index (χ1n) is 8.75. The molecule has 0 spiro atoms. The zero-order valence-electron chi connectivity index (χ0n) is 15.4. The maximum Gasteiger partial charge on any atom is 0.339 e. The molecule has 2 aromatic carbocycles. The summed E-state index contributed by atoms with van der Waals surface area (Å²) in [4.78, 5) is 29.2. The molecular formula is C21H18N2O4S. The van der Waals surface area contributed by atoms with Gasteiger partial charge in [-0.25, -0.2) is 9.78 Å². The number of aromatic nitrogens is 1. The first-order valence-corrected chi connectivity index (χ1v) is 9.63. The summed E-state index contributed by atoms with van der Waals surface area (Å²) >= 11 is 1.31. The van der Waals surface area contributed by atoms with Gasteiger partial charge in [0.2, 0.25) is 0 Å². The molecule has 2 heterocycles. The van der Waals surface area contributed by atoms with Crippen molar-refractivity contribution in [3.63, 3.8) is 0 Å². The van der Waals surface area contributed by atoms with Gasteiger partial charge in [0.15, 0.2) is 11.2 Å². The molecule has 1 aliphatic heterocycles. The molecule has 1 amide bonds. The number of cyclic esters (lactones) is 1. The highest BCUT2D eigenvalue weighted by Crippen LogP contribution is 2.33. The van der Waals surface area contributed by atoms with E-state index >= 15 is 0 Å². The van der Waals surface area contributed by atoms with Crippen LogP contribution in [-0.4, -0.2) is 30.1 Å². The number of rotatable bonds is 4. The number of benzene rings is 2. The number of ether oxygens (including phenoxy) is 2. The molecule has 0 fully saturated rings. The van der Waals surface area contributed by atoms with Crippen LogP contribution in [0.5, 0.6) is 5.75 Å². The van der Waals surface area contributed by atoms with Crippen LogP contribution in [0, 0.1) is 6.92 Å². The Kier molecular flexibility index (Phi) is 4.83. The van der Waals surface area contributed by atoms with Crippen molar-refractivity contribution in [2.45, 2.75) is 19.4 Å². The van der Waals surface area contributed by atoms with E-state index in [1.165, 1.54) is 11.3 Å². The van der Waals surface area contributed by atoms with Crippen LogP contribution in [0.3, 0.4) is 0 Å². The largest absolute Gasteiger partial charge is 0.496 e. The number of esters is 1. The van der Waals surface area contributed by atoms with Crippen LogP contribution in [0.1, 0.15) is 21.5 Å². The lowest BCUT2D eigenvalue weighted by Crippen LogP contribution is -2.37. The second kappa shape index (κ2) is 7.44. The second-order valence-corrected chi connectivity index (χ2v) is 7.34. The number of nitrogens with one attached hydrogen (secondary N) is 1. The minimum atomic E-state index is -0.872. The fourth-order valence-corrected chi connectivity index (χ4v) is 3.85. The molecule has 1 aromatic heterocycles. The summed E-state index contributed by atoms with van der Waals surface area (Å²) in [6, 6.07) is 13.0. The van der Waals surface area contributed by atoms with Crippen LogP contribution >= 0.6 is 11.3 Å². The summed E-state index contributed by atoms with van der Waals surface area (Å²) in [5.74, 6) is -0.155. The average molecular weight is 394 g/mol. The van der Waals surface area contributed by atoms with Crippen molar-refractivity contribution in [3.8, 4) is 17.0 Å². The minimum Gasteiger partial charge on any atom is -0.496 e. The smallest absolute Gasteiger partial charge is 0.339 e. The van der Waals surface area contributed by atoms with E-state index in [2.05, 4.69) is 10.3 Å². The molecule has 0 saturated carbocycles. The summed E-state index contributed by atoms with van der Waals surface area (Å²) in [6.07, 6.45) is -0.527. The number of hydrogen-bond acceptors (Lipinski definition) is 6. The molecule has 0 bridgehead atoms. The van der Waals surface area contributed by atoms with Crippen molar-refractivity contribution in [2.75, 3.05) is 12.4 Å². The summed E-state index contributed by atoms with van der Waals surface area (Å²) in [5, 5.41) is 5.05. The van der Waals surface area contributed by atoms with Crippen molar-refractivity contribution in [1.29, 1.82) is 0 Å². The van der Waals surface area contributed by atoms with Gasteiger partial charge in [-0.2, -0.15) is 0 Å². The molecule has 3 aromatic rings. The third kappa shape index (κ3) is 3.48. The quantitative estimate of drug-likeness (QED) is 0.680. The van der Waals surface area contributed by atoms with Gasteiger partial charge < -0.3 is 9.47 Å². The molecule has 1 unspecified atom stereocenters. The van der Waals surface area contributed by atoms with E-state index in [0.29, 0.717) is 28.6 Å². The topological polar surface area (TPSA) is 77.5 Å². The lowest BCUT2D eigenvalue weighted by atomic mass is 9.98. The Balaban J connectivity index is 1.51. The number of amides is 1. The fraction of sp³-hybridized carbons (Fsp3) is 0.190. The van der Waals surface area contributed by atoms with E-state index in [1.54, 1.807) is 19.2 Å². The molecule has 6 nitrogen and oxygen atoms in total. The Hall–Kier alpha value is -3.19. The van der Waals surface area contributed by atoms with Gasteiger partial charge in [-0.05, 0) is 30.7 Å². The standard InChI is InChI=1S/C21H18N2O4S/c1-12-7-8-17(26-2)15(9-12)16-11-28-21(22-16)23-19(24)18-10-13-5-3-4-6-14(13)20(25)27-18/h3-9,11,18H,10H2,1-2H3,(H,22,23,24). The van der Waals surface area contributed by atoms with Gasteiger partial charge in [0, 0.05) is 17.4 Å². The van der Waals surface area contributed by atoms with Crippen LogP contribution in [0.4, 0.5) is 5.13 Å². The summed E-state index contributed by atoms with van der Waals surface area (Å²) in [6.45, 7) is 1.99. The Labute approximate surface area is 166 Å². The van der Waals surface area contributed by atoms with Gasteiger partial charge in [-0.3, -0.25) is 10.1 Å². The Bertz CT molecular complexity index is 1060. The first-order chi connectivity index (χ1) is 13.5. The SMILES string of the molecule is COc1ccc(C)cc1-c1csc(NC(=O)C2Cc3ccccc3C(=O)O2)n1. The van der Waals surface area contributed by atoms with Crippen LogP contribution in [-0.2, 0) is 16.0 Å². The van der Waals surface area contributed by atoms with Crippen molar-refractivity contribution in [1.82, 2.24) is 4.98 Å². The zero-order chi connectivity index (χ0) is 19.7. The Morgan fingerprint density at radius 3 is 2.89 bits per heavy atom. The molecule has 0 saturated heterocycles. The third-order valence-electron chi connectivity index (χ3n) is 4.55. The average Bonchev–Trinajstić information content (AvgIpc) is 3.16. The first kappa shape index (κ1) is 18.2. The van der Waals surface area contributed by atoms with Crippen molar-refractivity contribution >= 4 is 28.3 Å². The highest BCUT2D eigenvalue weighted by molar-refractivity contribution is 7.14. The van der Waals surface area contributed by atoms with E-state index in [1.807, 2.05) is 42.6 Å². The van der Waals surface area contributed by atoms with Crippen LogP contribution in [0.25, 0.3) is 11.3 Å². The second-order valence-electron chi connectivity index (χ2n) is 6.49. The highest BCUT2D eigenvalue weighted by Gasteiger charge is 2.31. The molecule has 1 atom stereocenters. The van der Waals surface area contributed by atoms with Gasteiger partial charge in [0.05, 0.1) is 18.4 Å². The van der Waals surface area contributed by atoms with E-state index < -0.39 is 12.1 Å². The van der Waals surface area contributed by atoms with Gasteiger partial charge in [-0.1, -0.05) is 29.8 Å². The monoisotopic (exact) mass is 394 g/mol. The molecule has 142 valence electrons. The maximum atomic E-state index is 12.6. The molecule has 0 aliphatic carbocycles. The van der Waals surface area contributed by atoms with Crippen LogP contribution in [0.15, 0.2) is 47.8 Å².